The first-order valence-corrected chi connectivity index (χ1v) is 13.6. The van der Waals surface area contributed by atoms with Gasteiger partial charge in [0.1, 0.15) is 0 Å². The third-order valence-electron chi connectivity index (χ3n) is 6.52. The van der Waals surface area contributed by atoms with E-state index in [9.17, 15) is 13.2 Å². The number of amides is 1. The maximum absolute atomic E-state index is 12.2. The predicted molar refractivity (Wildman–Crippen MR) is 137 cm³/mol. The lowest BCUT2D eigenvalue weighted by molar-refractivity contribution is -0.116. The Bertz CT molecular complexity index is 1090. The first-order chi connectivity index (χ1) is 16.4. The summed E-state index contributed by atoms with van der Waals surface area (Å²) in [5.74, 6) is 0.0394. The topological polar surface area (TPSA) is 73.0 Å². The third-order valence-corrected chi connectivity index (χ3v) is 8.39. The van der Waals surface area contributed by atoms with Gasteiger partial charge in [-0.1, -0.05) is 43.3 Å². The molecule has 2 saturated heterocycles. The highest BCUT2D eigenvalue weighted by Gasteiger charge is 2.28. The minimum Gasteiger partial charge on any atom is -0.348 e. The van der Waals surface area contributed by atoms with Crippen LogP contribution in [0.3, 0.4) is 0 Å². The van der Waals surface area contributed by atoms with Crippen molar-refractivity contribution in [2.45, 2.75) is 26.4 Å². The lowest BCUT2D eigenvalue weighted by Crippen LogP contribution is -2.45. The van der Waals surface area contributed by atoms with E-state index in [1.807, 2.05) is 12.1 Å². The van der Waals surface area contributed by atoms with Gasteiger partial charge >= 0.3 is 0 Å². The number of piperazine rings is 1. The number of hydrogen-bond donors (Lipinski definition) is 1. The second-order valence-corrected chi connectivity index (χ2v) is 10.9. The fourth-order valence-corrected chi connectivity index (χ4v) is 5.95. The van der Waals surface area contributed by atoms with Crippen LogP contribution in [0.2, 0.25) is 0 Å². The SMILES string of the molecule is CCN1CCN(Cc2ccc(CNC(=O)/C=C/c3ccc(N4CCCS4(=O)=O)cc3)cc2)CC1. The largest absolute Gasteiger partial charge is 0.348 e. The fraction of sp³-hybridized carbons (Fsp3) is 0.423. The summed E-state index contributed by atoms with van der Waals surface area (Å²) < 4.78 is 25.5. The number of benzene rings is 2. The molecule has 0 radical (unpaired) electrons. The molecule has 1 N–H and O–H groups in total. The predicted octanol–water partition coefficient (Wildman–Crippen LogP) is 2.69. The van der Waals surface area contributed by atoms with Crippen molar-refractivity contribution in [1.29, 1.82) is 0 Å². The number of anilines is 1. The van der Waals surface area contributed by atoms with Gasteiger partial charge in [0, 0.05) is 51.9 Å². The smallest absolute Gasteiger partial charge is 0.244 e. The highest BCUT2D eigenvalue weighted by molar-refractivity contribution is 7.93. The number of nitrogens with one attached hydrogen (secondary N) is 1. The van der Waals surface area contributed by atoms with Gasteiger partial charge in [0.05, 0.1) is 11.4 Å². The zero-order chi connectivity index (χ0) is 24.0. The number of carbonyl (C=O) groups excluding carboxylic acids is 1. The molecule has 2 aliphatic heterocycles. The molecular weight excluding hydrogens is 448 g/mol. The van der Waals surface area contributed by atoms with Gasteiger partial charge in [-0.2, -0.15) is 0 Å². The standard InChI is InChI=1S/C26H34N4O3S/c1-2-28-15-17-29(18-16-28)21-24-6-4-23(5-7-24)20-27-26(31)13-10-22-8-11-25(12-9-22)30-14-3-19-34(30,32)33/h4-13H,2-3,14-21H2,1H3,(H,27,31)/b13-10+. The zero-order valence-corrected chi connectivity index (χ0v) is 20.6. The fourth-order valence-electron chi connectivity index (χ4n) is 4.39. The first-order valence-electron chi connectivity index (χ1n) is 12.0. The van der Waals surface area contributed by atoms with Crippen LogP contribution in [-0.2, 0) is 27.9 Å². The van der Waals surface area contributed by atoms with Crippen molar-refractivity contribution in [2.24, 2.45) is 0 Å². The van der Waals surface area contributed by atoms with E-state index in [0.29, 0.717) is 25.2 Å². The summed E-state index contributed by atoms with van der Waals surface area (Å²) in [6.45, 7) is 9.80. The van der Waals surface area contributed by atoms with Crippen LogP contribution in [0, 0.1) is 0 Å². The molecule has 0 unspecified atom stereocenters. The van der Waals surface area contributed by atoms with Gasteiger partial charge in [-0.15, -0.1) is 0 Å². The molecule has 7 nitrogen and oxygen atoms in total. The van der Waals surface area contributed by atoms with Gasteiger partial charge in [-0.25, -0.2) is 8.42 Å². The average Bonchev–Trinajstić information content (AvgIpc) is 3.22. The monoisotopic (exact) mass is 482 g/mol. The molecule has 2 aliphatic rings. The van der Waals surface area contributed by atoms with Gasteiger partial charge in [0.2, 0.25) is 15.9 Å². The van der Waals surface area contributed by atoms with Crippen molar-refractivity contribution in [2.75, 3.05) is 49.3 Å². The maximum atomic E-state index is 12.2. The highest BCUT2D eigenvalue weighted by atomic mass is 32.2. The molecule has 0 aromatic heterocycles. The zero-order valence-electron chi connectivity index (χ0n) is 19.8. The quantitative estimate of drug-likeness (QED) is 0.586. The Morgan fingerprint density at radius 3 is 2.18 bits per heavy atom. The van der Waals surface area contributed by atoms with Crippen LogP contribution in [0.1, 0.15) is 30.0 Å². The Morgan fingerprint density at radius 1 is 0.912 bits per heavy atom. The molecule has 1 amide bonds. The van der Waals surface area contributed by atoms with Crippen molar-refractivity contribution in [1.82, 2.24) is 15.1 Å². The minimum atomic E-state index is -3.18. The summed E-state index contributed by atoms with van der Waals surface area (Å²) >= 11 is 0. The molecule has 0 spiro atoms. The molecule has 2 aromatic rings. The van der Waals surface area contributed by atoms with Crippen LogP contribution >= 0.6 is 0 Å². The van der Waals surface area contributed by atoms with E-state index in [1.165, 1.54) is 15.9 Å². The summed E-state index contributed by atoms with van der Waals surface area (Å²) in [7, 11) is -3.18. The minimum absolute atomic E-state index is 0.163. The van der Waals surface area contributed by atoms with E-state index in [0.717, 1.165) is 50.4 Å². The lowest BCUT2D eigenvalue weighted by atomic mass is 10.1. The number of carbonyl (C=O) groups is 1. The molecule has 0 aliphatic carbocycles. The Labute approximate surface area is 203 Å². The Hall–Kier alpha value is -2.68. The van der Waals surface area contributed by atoms with Crippen LogP contribution in [-0.4, -0.2) is 69.1 Å². The van der Waals surface area contributed by atoms with Crippen molar-refractivity contribution in [3.63, 3.8) is 0 Å². The number of nitrogens with zero attached hydrogens (tertiary/aromatic N) is 3. The Kier molecular flexibility index (Phi) is 8.03. The highest BCUT2D eigenvalue weighted by Crippen LogP contribution is 2.24. The molecule has 0 bridgehead atoms. The Morgan fingerprint density at radius 2 is 1.56 bits per heavy atom. The van der Waals surface area contributed by atoms with E-state index < -0.39 is 10.0 Å². The summed E-state index contributed by atoms with van der Waals surface area (Å²) in [5.41, 5.74) is 3.88. The van der Waals surface area contributed by atoms with E-state index in [2.05, 4.69) is 46.3 Å². The van der Waals surface area contributed by atoms with Crippen molar-refractivity contribution in [3.05, 3.63) is 71.3 Å². The van der Waals surface area contributed by atoms with Crippen LogP contribution in [0.5, 0.6) is 0 Å². The van der Waals surface area contributed by atoms with Crippen LogP contribution in [0.4, 0.5) is 5.69 Å². The summed E-state index contributed by atoms with van der Waals surface area (Å²) in [5, 5.41) is 2.92. The summed E-state index contributed by atoms with van der Waals surface area (Å²) in [4.78, 5) is 17.2. The van der Waals surface area contributed by atoms with Crippen LogP contribution in [0.15, 0.2) is 54.6 Å². The average molecular weight is 483 g/mol. The van der Waals surface area contributed by atoms with Gasteiger partial charge in [-0.3, -0.25) is 14.0 Å². The van der Waals surface area contributed by atoms with Crippen molar-refractivity contribution < 1.29 is 13.2 Å². The first kappa shape index (κ1) is 24.4. The Balaban J connectivity index is 1.22. The molecule has 0 atom stereocenters. The van der Waals surface area contributed by atoms with E-state index in [4.69, 9.17) is 0 Å². The second-order valence-electron chi connectivity index (χ2n) is 8.91. The maximum Gasteiger partial charge on any atom is 0.244 e. The molecule has 2 fully saturated rings. The summed E-state index contributed by atoms with van der Waals surface area (Å²) in [6.07, 6.45) is 3.90. The normalized spacial score (nSPS) is 19.0. The molecule has 2 heterocycles. The number of sulfonamides is 1. The molecule has 8 heteroatoms. The van der Waals surface area contributed by atoms with Crippen molar-refractivity contribution >= 4 is 27.7 Å². The number of hydrogen-bond acceptors (Lipinski definition) is 5. The van der Waals surface area contributed by atoms with Crippen molar-refractivity contribution in [3.8, 4) is 0 Å². The second kappa shape index (κ2) is 11.2. The van der Waals surface area contributed by atoms with Gasteiger partial charge in [-0.05, 0) is 47.9 Å². The molecule has 34 heavy (non-hydrogen) atoms. The molecule has 182 valence electrons. The molecule has 2 aromatic carbocycles. The van der Waals surface area contributed by atoms with E-state index in [-0.39, 0.29) is 11.7 Å². The number of likely N-dealkylation sites (N-methyl/N-ethyl adjacent to an activating group) is 1. The molecule has 0 saturated carbocycles. The molecular formula is C26H34N4O3S. The third kappa shape index (κ3) is 6.46. The van der Waals surface area contributed by atoms with Gasteiger partial charge in [0.25, 0.3) is 0 Å². The summed E-state index contributed by atoms with van der Waals surface area (Å²) in [6, 6.07) is 15.7. The van der Waals surface area contributed by atoms with E-state index in [1.54, 1.807) is 18.2 Å². The van der Waals surface area contributed by atoms with Gasteiger partial charge < -0.3 is 10.2 Å². The van der Waals surface area contributed by atoms with E-state index >= 15 is 0 Å². The lowest BCUT2D eigenvalue weighted by Gasteiger charge is -2.34. The van der Waals surface area contributed by atoms with Crippen LogP contribution in [0.25, 0.3) is 6.08 Å². The van der Waals surface area contributed by atoms with Crippen LogP contribution < -0.4 is 9.62 Å². The molecule has 4 rings (SSSR count). The van der Waals surface area contributed by atoms with Gasteiger partial charge in [0.15, 0.2) is 0 Å². The number of rotatable bonds is 8.